The van der Waals surface area contributed by atoms with Gasteiger partial charge in [0.15, 0.2) is 5.82 Å². The summed E-state index contributed by atoms with van der Waals surface area (Å²) in [6, 6.07) is 16.2. The molecule has 6 aromatic rings. The lowest BCUT2D eigenvalue weighted by atomic mass is 9.85. The van der Waals surface area contributed by atoms with Gasteiger partial charge in [-0.05, 0) is 99.6 Å². The van der Waals surface area contributed by atoms with Crippen LogP contribution in [0, 0.1) is 38.9 Å². The number of benzene rings is 3. The SMILES string of the molecule is Cc1ncsc1-c1ccc([C@H](C)NC(=O)[C@@H]2C[C@@H](O)CN2C(=O)C(NC(=O)/C=C/c2cc(F)cc(O[C@H](C)CNC(=O)C[C@@H]3N=C(c4ccc(Cl)cc4)c4c(sc(C)c4C)-n4c(C)nnc43)c2)C(C)(C)C)cc1. The quantitative estimate of drug-likeness (QED) is 0.0728. The third-order valence-electron chi connectivity index (χ3n) is 13.0. The van der Waals surface area contributed by atoms with E-state index >= 15 is 4.39 Å². The van der Waals surface area contributed by atoms with Gasteiger partial charge in [-0.1, -0.05) is 68.8 Å². The Kier molecular flexibility index (Phi) is 15.8. The molecule has 5 heterocycles. The molecule has 0 radical (unpaired) electrons. The monoisotopic (exact) mass is 1050 g/mol. The van der Waals surface area contributed by atoms with Gasteiger partial charge in [0.1, 0.15) is 46.6 Å². The lowest BCUT2D eigenvalue weighted by Gasteiger charge is -2.35. The molecular formula is C54H59ClFN9O6S2. The predicted molar refractivity (Wildman–Crippen MR) is 283 cm³/mol. The van der Waals surface area contributed by atoms with Crippen molar-refractivity contribution in [2.24, 2.45) is 10.4 Å². The topological polar surface area (TPSA) is 193 Å². The summed E-state index contributed by atoms with van der Waals surface area (Å²) >= 11 is 9.44. The van der Waals surface area contributed by atoms with Gasteiger partial charge in [0.25, 0.3) is 0 Å². The summed E-state index contributed by atoms with van der Waals surface area (Å²) in [5, 5.41) is 29.8. The fourth-order valence-corrected chi connectivity index (χ4v) is 11.2. The molecule has 3 aromatic heterocycles. The van der Waals surface area contributed by atoms with Crippen molar-refractivity contribution in [3.63, 3.8) is 0 Å². The Bertz CT molecular complexity index is 3110. The van der Waals surface area contributed by atoms with Crippen LogP contribution in [0.3, 0.4) is 0 Å². The number of likely N-dealkylation sites (tertiary alicyclic amines) is 1. The summed E-state index contributed by atoms with van der Waals surface area (Å²) in [4.78, 5) is 68.2. The highest BCUT2D eigenvalue weighted by atomic mass is 35.5. The number of carbonyl (C=O) groups is 4. The third-order valence-corrected chi connectivity index (χ3v) is 15.4. The van der Waals surface area contributed by atoms with Crippen molar-refractivity contribution < 1.29 is 33.4 Å². The molecule has 19 heteroatoms. The molecule has 8 rings (SSSR count). The molecule has 73 heavy (non-hydrogen) atoms. The van der Waals surface area contributed by atoms with Crippen molar-refractivity contribution in [2.75, 3.05) is 13.1 Å². The van der Waals surface area contributed by atoms with Crippen LogP contribution >= 0.6 is 34.3 Å². The number of aliphatic hydroxyl groups excluding tert-OH is 1. The molecule has 2 aliphatic rings. The van der Waals surface area contributed by atoms with Gasteiger partial charge in [-0.3, -0.25) is 28.7 Å². The van der Waals surface area contributed by atoms with E-state index in [2.05, 4.69) is 45.0 Å². The number of thiophene rings is 1. The maximum absolute atomic E-state index is 15.0. The summed E-state index contributed by atoms with van der Waals surface area (Å²) in [7, 11) is 0. The molecule has 1 unspecified atom stereocenters. The number of carbonyl (C=O) groups excluding carboxylic acids is 4. The number of nitrogens with zero attached hydrogens (tertiary/aromatic N) is 6. The standard InChI is InChI=1S/C54H59ClFN9O6S2/c1-28(25-57-45(68)24-42-50-63-62-33(6)65(50)53-46(29(2)32(5)73-53)47(60-42)36-15-17-38(55)18-16-36)71-41-21-34(20-39(56)22-41)10-19-44(67)61-49(54(7,8)9)52(70)64-26-40(66)23-43(64)51(69)59-30(3)35-11-13-37(14-12-35)48-31(4)58-27-72-48/h10-22,27-28,30,40,42-43,49,66H,23-26H2,1-9H3,(H,57,68)(H,59,69)(H,61,67)/b19-10+/t28-,30+,40-,42+,43+,49?/m1/s1. The number of aryl methyl sites for hydroxylation is 3. The first-order chi connectivity index (χ1) is 34.6. The van der Waals surface area contributed by atoms with E-state index in [1.165, 1.54) is 29.2 Å². The van der Waals surface area contributed by atoms with Crippen LogP contribution in [0.1, 0.15) is 110 Å². The zero-order valence-electron chi connectivity index (χ0n) is 42.1. The number of nitrogens with one attached hydrogen (secondary N) is 3. The molecule has 1 fully saturated rings. The van der Waals surface area contributed by atoms with Crippen LogP contribution in [-0.4, -0.2) is 96.5 Å². The maximum Gasteiger partial charge on any atom is 0.246 e. The first-order valence-electron chi connectivity index (χ1n) is 24.0. The second kappa shape index (κ2) is 21.9. The summed E-state index contributed by atoms with van der Waals surface area (Å²) in [6.45, 7) is 16.9. The highest BCUT2D eigenvalue weighted by Gasteiger charge is 2.45. The smallest absolute Gasteiger partial charge is 0.246 e. The molecule has 4 amide bonds. The number of rotatable bonds is 15. The number of aliphatic hydroxyl groups is 1. The minimum atomic E-state index is -1.09. The highest BCUT2D eigenvalue weighted by Crippen LogP contribution is 2.40. The van der Waals surface area contributed by atoms with E-state index in [-0.39, 0.29) is 37.6 Å². The van der Waals surface area contributed by atoms with Crippen molar-refractivity contribution in [1.29, 1.82) is 0 Å². The average molecular weight is 1050 g/mol. The van der Waals surface area contributed by atoms with Gasteiger partial charge in [-0.15, -0.1) is 32.9 Å². The van der Waals surface area contributed by atoms with Crippen LogP contribution in [0.15, 0.2) is 83.3 Å². The number of hydrogen-bond acceptors (Lipinski definition) is 12. The Hall–Kier alpha value is -6.60. The summed E-state index contributed by atoms with van der Waals surface area (Å²) < 4.78 is 23.1. The number of halogens is 2. The molecule has 382 valence electrons. The molecule has 1 saturated heterocycles. The van der Waals surface area contributed by atoms with Gasteiger partial charge in [-0.25, -0.2) is 9.37 Å². The summed E-state index contributed by atoms with van der Waals surface area (Å²) in [5.41, 5.74) is 7.75. The Morgan fingerprint density at radius 3 is 2.37 bits per heavy atom. The number of thiazole rings is 1. The van der Waals surface area contributed by atoms with Gasteiger partial charge in [-0.2, -0.15) is 0 Å². The number of β-amino-alcohol motifs (C(OH)–C–C–N with tert-alkyl or cyclic N) is 1. The zero-order chi connectivity index (χ0) is 52.5. The van der Waals surface area contributed by atoms with Crippen LogP contribution in [0.5, 0.6) is 5.75 Å². The Balaban J connectivity index is 0.882. The predicted octanol–water partition coefficient (Wildman–Crippen LogP) is 8.73. The fraction of sp³-hybridized carbons (Fsp3) is 0.370. The molecular weight excluding hydrogens is 989 g/mol. The zero-order valence-corrected chi connectivity index (χ0v) is 44.5. The first kappa shape index (κ1) is 52.7. The van der Waals surface area contributed by atoms with E-state index < -0.39 is 65.3 Å². The summed E-state index contributed by atoms with van der Waals surface area (Å²) in [6.07, 6.45) is 1.06. The van der Waals surface area contributed by atoms with Gasteiger partial charge in [0.05, 0.1) is 46.9 Å². The molecule has 0 saturated carbocycles. The van der Waals surface area contributed by atoms with Gasteiger partial charge >= 0.3 is 0 Å². The number of aromatic nitrogens is 4. The van der Waals surface area contributed by atoms with Crippen molar-refractivity contribution in [3.05, 3.63) is 139 Å². The molecule has 6 atom stereocenters. The maximum atomic E-state index is 15.0. The molecule has 2 aliphatic heterocycles. The fourth-order valence-electron chi connectivity index (χ4n) is 9.04. The lowest BCUT2D eigenvalue weighted by Crippen LogP contribution is -2.57. The largest absolute Gasteiger partial charge is 0.489 e. The van der Waals surface area contributed by atoms with Gasteiger partial charge in [0, 0.05) is 46.1 Å². The third kappa shape index (κ3) is 11.9. The number of aliphatic imine (C=N–C) groups is 1. The second-order valence-electron chi connectivity index (χ2n) is 19.7. The van der Waals surface area contributed by atoms with Crippen LogP contribution in [0.2, 0.25) is 5.02 Å². The first-order valence-corrected chi connectivity index (χ1v) is 26.1. The highest BCUT2D eigenvalue weighted by molar-refractivity contribution is 7.15. The molecule has 0 aliphatic carbocycles. The van der Waals surface area contributed by atoms with Crippen LogP contribution in [0.25, 0.3) is 21.5 Å². The summed E-state index contributed by atoms with van der Waals surface area (Å²) in [5.74, 6) is -1.10. The van der Waals surface area contributed by atoms with Gasteiger partial charge < -0.3 is 30.7 Å². The Morgan fingerprint density at radius 2 is 1.68 bits per heavy atom. The number of hydrogen-bond donors (Lipinski definition) is 4. The van der Waals surface area contributed by atoms with Crippen LogP contribution in [-0.2, 0) is 19.2 Å². The lowest BCUT2D eigenvalue weighted by molar-refractivity contribution is -0.143. The molecule has 0 spiro atoms. The molecule has 15 nitrogen and oxygen atoms in total. The van der Waals surface area contributed by atoms with E-state index in [0.29, 0.717) is 22.2 Å². The van der Waals surface area contributed by atoms with Crippen molar-refractivity contribution in [2.45, 2.75) is 112 Å². The van der Waals surface area contributed by atoms with E-state index in [4.69, 9.17) is 21.3 Å². The molecule has 3 aromatic carbocycles. The van der Waals surface area contributed by atoms with Crippen molar-refractivity contribution in [3.8, 4) is 21.2 Å². The van der Waals surface area contributed by atoms with E-state index in [1.807, 2.05) is 73.9 Å². The van der Waals surface area contributed by atoms with E-state index in [9.17, 15) is 24.3 Å². The Morgan fingerprint density at radius 1 is 0.973 bits per heavy atom. The molecule has 0 bridgehead atoms. The number of ether oxygens (including phenoxy) is 1. The Labute approximate surface area is 437 Å². The number of fused-ring (bicyclic) bond motifs is 3. The van der Waals surface area contributed by atoms with Gasteiger partial charge in [0.2, 0.25) is 23.6 Å². The normalized spacial score (nSPS) is 17.8. The van der Waals surface area contributed by atoms with E-state index in [1.54, 1.807) is 61.9 Å². The van der Waals surface area contributed by atoms with Crippen molar-refractivity contribution in [1.82, 2.24) is 40.6 Å². The minimum absolute atomic E-state index is 0.0341. The van der Waals surface area contributed by atoms with Crippen LogP contribution in [0.4, 0.5) is 4.39 Å². The van der Waals surface area contributed by atoms with Crippen LogP contribution < -0.4 is 20.7 Å². The number of amides is 4. The average Bonchev–Trinajstić information content (AvgIpc) is 4.11. The van der Waals surface area contributed by atoms with Crippen molar-refractivity contribution >= 4 is 69.7 Å². The second-order valence-corrected chi connectivity index (χ2v) is 22.2. The minimum Gasteiger partial charge on any atom is -0.489 e. The molecule has 4 N–H and O–H groups in total. The van der Waals surface area contributed by atoms with E-state index in [0.717, 1.165) is 54.0 Å².